The molecule has 0 unspecified atom stereocenters. The van der Waals surface area contributed by atoms with E-state index in [1.807, 2.05) is 18.2 Å². The lowest BCUT2D eigenvalue weighted by Crippen LogP contribution is -2.51. The number of aliphatic hydroxyl groups excluding tert-OH is 4. The highest BCUT2D eigenvalue weighted by molar-refractivity contribution is 8.00. The number of halogens is 1. The molecule has 0 amide bonds. The van der Waals surface area contributed by atoms with E-state index in [0.717, 1.165) is 16.7 Å². The van der Waals surface area contributed by atoms with Crippen LogP contribution in [0.2, 0.25) is 5.02 Å². The molecule has 1 saturated heterocycles. The predicted octanol–water partition coefficient (Wildman–Crippen LogP) is 2.18. The molecule has 6 nitrogen and oxygen atoms in total. The topological polar surface area (TPSA) is 99.4 Å². The Balaban J connectivity index is 1.91. The summed E-state index contributed by atoms with van der Waals surface area (Å²) >= 11 is 7.66. The van der Waals surface area contributed by atoms with Crippen molar-refractivity contribution in [3.8, 4) is 11.5 Å². The van der Waals surface area contributed by atoms with Crippen LogP contribution >= 0.6 is 23.4 Å². The fraction of sp³-hybridized carbons (Fsp3) is 0.429. The maximum Gasteiger partial charge on any atom is 0.126 e. The first kappa shape index (κ1) is 22.2. The zero-order valence-electron chi connectivity index (χ0n) is 16.2. The molecule has 0 aliphatic carbocycles. The second kappa shape index (κ2) is 9.55. The minimum absolute atomic E-state index is 0.296. The summed E-state index contributed by atoms with van der Waals surface area (Å²) in [6, 6.07) is 11.0. The summed E-state index contributed by atoms with van der Waals surface area (Å²) in [6.45, 7) is -0.296. The number of hydrogen-bond acceptors (Lipinski definition) is 7. The second-order valence-electron chi connectivity index (χ2n) is 6.95. The number of benzene rings is 2. The number of ether oxygens (including phenoxy) is 2. The van der Waals surface area contributed by atoms with Crippen molar-refractivity contribution in [1.29, 1.82) is 0 Å². The molecule has 4 N–H and O–H groups in total. The summed E-state index contributed by atoms with van der Waals surface area (Å²) in [7, 11) is 3.18. The van der Waals surface area contributed by atoms with Crippen LogP contribution in [0.25, 0.3) is 0 Å². The molecule has 8 heteroatoms. The standard InChI is InChI=1S/C21H25ClO6S/c1-27-14-5-3-11(16(9-14)28-2)7-13-8-12(4-6-15(13)22)21-20(26)19(25)18(24)17(10-23)29-21/h3-6,8-9,17-21,23-26H,7,10H2,1-2H3/t17-,18-,19+,20-,21+/m1/s1. The Morgan fingerprint density at radius 1 is 0.931 bits per heavy atom. The lowest BCUT2D eigenvalue weighted by Gasteiger charge is -2.39. The van der Waals surface area contributed by atoms with E-state index in [0.29, 0.717) is 22.9 Å². The van der Waals surface area contributed by atoms with Crippen LogP contribution in [-0.2, 0) is 6.42 Å². The van der Waals surface area contributed by atoms with Crippen molar-refractivity contribution in [3.05, 3.63) is 58.1 Å². The van der Waals surface area contributed by atoms with Gasteiger partial charge in [0.25, 0.3) is 0 Å². The molecule has 0 saturated carbocycles. The summed E-state index contributed by atoms with van der Waals surface area (Å²) < 4.78 is 10.7. The second-order valence-corrected chi connectivity index (χ2v) is 8.75. The van der Waals surface area contributed by atoms with Gasteiger partial charge >= 0.3 is 0 Å². The molecule has 1 heterocycles. The maximum absolute atomic E-state index is 10.5. The Morgan fingerprint density at radius 3 is 2.34 bits per heavy atom. The number of aliphatic hydroxyl groups is 4. The molecule has 3 rings (SSSR count). The van der Waals surface area contributed by atoms with Crippen molar-refractivity contribution in [3.63, 3.8) is 0 Å². The van der Waals surface area contributed by atoms with Gasteiger partial charge in [0.2, 0.25) is 0 Å². The fourth-order valence-electron chi connectivity index (χ4n) is 3.49. The Hall–Kier alpha value is -1.48. The summed E-state index contributed by atoms with van der Waals surface area (Å²) in [4.78, 5) is 0. The van der Waals surface area contributed by atoms with Crippen LogP contribution in [0.1, 0.15) is 21.9 Å². The molecule has 2 aromatic carbocycles. The van der Waals surface area contributed by atoms with Crippen molar-refractivity contribution in [1.82, 2.24) is 0 Å². The van der Waals surface area contributed by atoms with Crippen molar-refractivity contribution in [2.24, 2.45) is 0 Å². The van der Waals surface area contributed by atoms with Gasteiger partial charge in [0.05, 0.1) is 43.5 Å². The number of thioether (sulfide) groups is 1. The van der Waals surface area contributed by atoms with Gasteiger partial charge in [-0.15, -0.1) is 11.8 Å². The molecule has 1 fully saturated rings. The summed E-state index contributed by atoms with van der Waals surface area (Å²) in [5, 5.41) is 39.7. The van der Waals surface area contributed by atoms with E-state index in [1.54, 1.807) is 32.4 Å². The lowest BCUT2D eigenvalue weighted by molar-refractivity contribution is -0.0700. The highest BCUT2D eigenvalue weighted by Gasteiger charge is 2.43. The van der Waals surface area contributed by atoms with Crippen molar-refractivity contribution >= 4 is 23.4 Å². The van der Waals surface area contributed by atoms with Crippen molar-refractivity contribution < 1.29 is 29.9 Å². The molecule has 1 aliphatic rings. The molecular weight excluding hydrogens is 416 g/mol. The van der Waals surface area contributed by atoms with Crippen LogP contribution in [0.3, 0.4) is 0 Å². The zero-order valence-corrected chi connectivity index (χ0v) is 17.7. The van der Waals surface area contributed by atoms with Crippen LogP contribution in [0.15, 0.2) is 36.4 Å². The third kappa shape index (κ3) is 4.66. The third-order valence-corrected chi connectivity index (χ3v) is 7.16. The molecular formula is C21H25ClO6S. The average Bonchev–Trinajstić information content (AvgIpc) is 2.74. The van der Waals surface area contributed by atoms with Gasteiger partial charge in [0, 0.05) is 17.5 Å². The van der Waals surface area contributed by atoms with Crippen LogP contribution in [0.5, 0.6) is 11.5 Å². The van der Waals surface area contributed by atoms with Gasteiger partial charge in [-0.2, -0.15) is 0 Å². The molecule has 158 valence electrons. The number of rotatable bonds is 6. The lowest BCUT2D eigenvalue weighted by atomic mass is 9.94. The zero-order chi connectivity index (χ0) is 21.1. The molecule has 0 bridgehead atoms. The molecule has 2 aromatic rings. The highest BCUT2D eigenvalue weighted by atomic mass is 35.5. The van der Waals surface area contributed by atoms with E-state index in [1.165, 1.54) is 11.8 Å². The van der Waals surface area contributed by atoms with Crippen molar-refractivity contribution in [2.75, 3.05) is 20.8 Å². The van der Waals surface area contributed by atoms with Gasteiger partial charge in [-0.25, -0.2) is 0 Å². The molecule has 0 radical (unpaired) electrons. The van der Waals surface area contributed by atoms with E-state index in [2.05, 4.69) is 0 Å². The van der Waals surface area contributed by atoms with Gasteiger partial charge in [0.1, 0.15) is 17.6 Å². The number of methoxy groups -OCH3 is 2. The average molecular weight is 441 g/mol. The van der Waals surface area contributed by atoms with Gasteiger partial charge in [-0.1, -0.05) is 29.8 Å². The van der Waals surface area contributed by atoms with Crippen LogP contribution < -0.4 is 9.47 Å². The van der Waals surface area contributed by atoms with E-state index in [9.17, 15) is 20.4 Å². The fourth-order valence-corrected chi connectivity index (χ4v) is 5.08. The Kier molecular flexibility index (Phi) is 7.32. The molecule has 5 atom stereocenters. The van der Waals surface area contributed by atoms with Crippen LogP contribution in [0.4, 0.5) is 0 Å². The van der Waals surface area contributed by atoms with E-state index in [-0.39, 0.29) is 6.61 Å². The Bertz CT molecular complexity index is 846. The highest BCUT2D eigenvalue weighted by Crippen LogP contribution is 2.44. The monoisotopic (exact) mass is 440 g/mol. The van der Waals surface area contributed by atoms with E-state index in [4.69, 9.17) is 21.1 Å². The Morgan fingerprint density at radius 2 is 1.69 bits per heavy atom. The number of hydrogen-bond donors (Lipinski definition) is 4. The molecule has 0 spiro atoms. The van der Waals surface area contributed by atoms with E-state index >= 15 is 0 Å². The SMILES string of the molecule is COc1ccc(Cc2cc([C@@H]3S[C@H](CO)[C@@H](O)[C@H](O)[C@H]3O)ccc2Cl)c(OC)c1. The first-order valence-electron chi connectivity index (χ1n) is 9.19. The summed E-state index contributed by atoms with van der Waals surface area (Å²) in [5.41, 5.74) is 2.52. The smallest absolute Gasteiger partial charge is 0.126 e. The van der Waals surface area contributed by atoms with Crippen LogP contribution in [-0.4, -0.2) is 64.8 Å². The first-order valence-corrected chi connectivity index (χ1v) is 10.5. The van der Waals surface area contributed by atoms with Gasteiger partial charge in [0.15, 0.2) is 0 Å². The molecule has 29 heavy (non-hydrogen) atoms. The molecule has 1 aliphatic heterocycles. The summed E-state index contributed by atoms with van der Waals surface area (Å²) in [5.74, 6) is 1.37. The van der Waals surface area contributed by atoms with Crippen molar-refractivity contribution in [2.45, 2.75) is 35.2 Å². The third-order valence-electron chi connectivity index (χ3n) is 5.17. The largest absolute Gasteiger partial charge is 0.497 e. The minimum Gasteiger partial charge on any atom is -0.497 e. The normalized spacial score (nSPS) is 26.9. The maximum atomic E-state index is 10.5. The van der Waals surface area contributed by atoms with Gasteiger partial charge in [-0.3, -0.25) is 0 Å². The Labute approximate surface area is 179 Å². The quantitative estimate of drug-likeness (QED) is 0.546. The summed E-state index contributed by atoms with van der Waals surface area (Å²) in [6.07, 6.45) is -3.18. The van der Waals surface area contributed by atoms with Gasteiger partial charge in [-0.05, 0) is 28.8 Å². The molecule has 0 aromatic heterocycles. The first-order chi connectivity index (χ1) is 13.9. The minimum atomic E-state index is -1.33. The van der Waals surface area contributed by atoms with E-state index < -0.39 is 28.8 Å². The van der Waals surface area contributed by atoms with Crippen LogP contribution in [0, 0.1) is 0 Å². The van der Waals surface area contributed by atoms with Gasteiger partial charge < -0.3 is 29.9 Å². The predicted molar refractivity (Wildman–Crippen MR) is 113 cm³/mol.